The van der Waals surface area contributed by atoms with Gasteiger partial charge in [-0.1, -0.05) is 6.07 Å². The number of rotatable bonds is 4. The summed E-state index contributed by atoms with van der Waals surface area (Å²) in [6, 6.07) is 5.93. The van der Waals surface area contributed by atoms with Crippen molar-refractivity contribution in [2.75, 3.05) is 7.11 Å². The fourth-order valence-electron chi connectivity index (χ4n) is 1.27. The lowest BCUT2D eigenvalue weighted by atomic mass is 10.1. The van der Waals surface area contributed by atoms with Gasteiger partial charge in [-0.3, -0.25) is 0 Å². The van der Waals surface area contributed by atoms with Crippen LogP contribution in [0.2, 0.25) is 0 Å². The highest BCUT2D eigenvalue weighted by Crippen LogP contribution is 2.20. The third kappa shape index (κ3) is 3.21. The largest absolute Gasteiger partial charge is 0.478 e. The lowest BCUT2D eigenvalue weighted by Gasteiger charge is -2.23. The van der Waals surface area contributed by atoms with Crippen LogP contribution in [-0.2, 0) is 9.53 Å². The fourth-order valence-corrected chi connectivity index (χ4v) is 1.27. The number of methoxy groups -OCH3 is 1. The third-order valence-corrected chi connectivity index (χ3v) is 2.13. The average Bonchev–Trinajstić information content (AvgIpc) is 2.27. The van der Waals surface area contributed by atoms with Gasteiger partial charge in [-0.15, -0.1) is 0 Å². The van der Waals surface area contributed by atoms with E-state index >= 15 is 0 Å². The van der Waals surface area contributed by atoms with Crippen LogP contribution in [-0.4, -0.2) is 29.8 Å². The number of ether oxygens (including phenoxy) is 2. The summed E-state index contributed by atoms with van der Waals surface area (Å²) in [6.45, 7) is 3.10. The van der Waals surface area contributed by atoms with Crippen LogP contribution in [0, 0.1) is 0 Å². The van der Waals surface area contributed by atoms with Crippen LogP contribution in [0.4, 0.5) is 0 Å². The zero-order valence-electron chi connectivity index (χ0n) is 9.89. The van der Waals surface area contributed by atoms with E-state index in [9.17, 15) is 9.59 Å². The molecule has 0 bridgehead atoms. The van der Waals surface area contributed by atoms with Crippen molar-refractivity contribution >= 4 is 11.9 Å². The first-order valence-electron chi connectivity index (χ1n) is 4.97. The molecule has 92 valence electrons. The number of esters is 1. The maximum Gasteiger partial charge on any atom is 0.349 e. The van der Waals surface area contributed by atoms with Crippen LogP contribution >= 0.6 is 0 Å². The van der Waals surface area contributed by atoms with Crippen molar-refractivity contribution in [3.63, 3.8) is 0 Å². The highest BCUT2D eigenvalue weighted by Gasteiger charge is 2.31. The minimum Gasteiger partial charge on any atom is -0.478 e. The molecule has 5 heteroatoms. The SMILES string of the molecule is COC(=O)C(C)(C)Oc1cccc(C(=O)O)c1. The molecule has 0 fully saturated rings. The van der Waals surface area contributed by atoms with Gasteiger partial charge in [-0.05, 0) is 32.0 Å². The minimum atomic E-state index is -1.16. The molecular formula is C12H14O5. The Labute approximate surface area is 99.0 Å². The summed E-state index contributed by atoms with van der Waals surface area (Å²) in [5.41, 5.74) is -1.06. The monoisotopic (exact) mass is 238 g/mol. The first kappa shape index (κ1) is 13.0. The lowest BCUT2D eigenvalue weighted by molar-refractivity contribution is -0.156. The van der Waals surface area contributed by atoms with Crippen molar-refractivity contribution in [3.05, 3.63) is 29.8 Å². The van der Waals surface area contributed by atoms with E-state index in [2.05, 4.69) is 4.74 Å². The molecule has 1 N–H and O–H groups in total. The molecule has 1 aromatic rings. The number of aromatic carboxylic acids is 1. The first-order chi connectivity index (χ1) is 7.86. The van der Waals surface area contributed by atoms with Gasteiger partial charge in [-0.2, -0.15) is 0 Å². The Morgan fingerprint density at radius 3 is 2.47 bits per heavy atom. The van der Waals surface area contributed by atoms with Crippen molar-refractivity contribution in [3.8, 4) is 5.75 Å². The second kappa shape index (κ2) is 4.86. The molecule has 1 rings (SSSR count). The summed E-state index contributed by atoms with van der Waals surface area (Å²) in [7, 11) is 1.26. The van der Waals surface area contributed by atoms with Crippen molar-refractivity contribution in [1.82, 2.24) is 0 Å². The van der Waals surface area contributed by atoms with E-state index in [1.807, 2.05) is 0 Å². The molecule has 0 heterocycles. The normalized spacial score (nSPS) is 10.8. The number of carboxylic acids is 1. The van der Waals surface area contributed by atoms with E-state index < -0.39 is 17.5 Å². The van der Waals surface area contributed by atoms with E-state index in [1.54, 1.807) is 26.0 Å². The number of hydrogen-bond acceptors (Lipinski definition) is 4. The fraction of sp³-hybridized carbons (Fsp3) is 0.333. The molecule has 0 spiro atoms. The zero-order valence-corrected chi connectivity index (χ0v) is 9.89. The summed E-state index contributed by atoms with van der Waals surface area (Å²) >= 11 is 0. The van der Waals surface area contributed by atoms with Gasteiger partial charge in [0.25, 0.3) is 0 Å². The molecule has 0 amide bonds. The number of carbonyl (C=O) groups is 2. The van der Waals surface area contributed by atoms with Crippen LogP contribution in [0.3, 0.4) is 0 Å². The van der Waals surface area contributed by atoms with Gasteiger partial charge < -0.3 is 14.6 Å². The Balaban J connectivity index is 2.92. The summed E-state index contributed by atoms with van der Waals surface area (Å²) in [4.78, 5) is 22.2. The summed E-state index contributed by atoms with van der Waals surface area (Å²) < 4.78 is 9.99. The molecule has 0 atom stereocenters. The quantitative estimate of drug-likeness (QED) is 0.808. The standard InChI is InChI=1S/C12H14O5/c1-12(2,11(15)16-3)17-9-6-4-5-8(7-9)10(13)14/h4-7H,1-3H3,(H,13,14). The zero-order chi connectivity index (χ0) is 13.1. The molecule has 0 radical (unpaired) electrons. The molecule has 0 aromatic heterocycles. The van der Waals surface area contributed by atoms with Crippen molar-refractivity contribution in [2.45, 2.75) is 19.4 Å². The Kier molecular flexibility index (Phi) is 3.73. The van der Waals surface area contributed by atoms with Crippen LogP contribution in [0.1, 0.15) is 24.2 Å². The van der Waals surface area contributed by atoms with E-state index in [4.69, 9.17) is 9.84 Å². The Morgan fingerprint density at radius 1 is 1.29 bits per heavy atom. The first-order valence-corrected chi connectivity index (χ1v) is 4.97. The number of carbonyl (C=O) groups excluding carboxylic acids is 1. The van der Waals surface area contributed by atoms with Crippen LogP contribution < -0.4 is 4.74 Å². The summed E-state index contributed by atoms with van der Waals surface area (Å²) in [6.07, 6.45) is 0. The van der Waals surface area contributed by atoms with Gasteiger partial charge in [0.15, 0.2) is 5.60 Å². The van der Waals surface area contributed by atoms with Crippen molar-refractivity contribution in [1.29, 1.82) is 0 Å². The minimum absolute atomic E-state index is 0.100. The molecule has 0 unspecified atom stereocenters. The highest BCUT2D eigenvalue weighted by atomic mass is 16.6. The number of carboxylic acid groups (broad SMARTS) is 1. The smallest absolute Gasteiger partial charge is 0.349 e. The van der Waals surface area contributed by atoms with Crippen LogP contribution in [0.15, 0.2) is 24.3 Å². The number of benzene rings is 1. The average molecular weight is 238 g/mol. The van der Waals surface area contributed by atoms with Crippen molar-refractivity contribution in [2.24, 2.45) is 0 Å². The second-order valence-electron chi connectivity index (χ2n) is 3.94. The van der Waals surface area contributed by atoms with E-state index in [1.165, 1.54) is 19.2 Å². The predicted molar refractivity (Wildman–Crippen MR) is 60.1 cm³/mol. The molecule has 1 aromatic carbocycles. The summed E-state index contributed by atoms with van der Waals surface area (Å²) in [5.74, 6) is -1.27. The molecule has 0 aliphatic rings. The summed E-state index contributed by atoms with van der Waals surface area (Å²) in [5, 5.41) is 8.82. The van der Waals surface area contributed by atoms with Gasteiger partial charge >= 0.3 is 11.9 Å². The molecule has 0 saturated carbocycles. The van der Waals surface area contributed by atoms with E-state index in [0.29, 0.717) is 5.75 Å². The Hall–Kier alpha value is -2.04. The van der Waals surface area contributed by atoms with Gasteiger partial charge in [0.05, 0.1) is 12.7 Å². The van der Waals surface area contributed by atoms with Crippen LogP contribution in [0.25, 0.3) is 0 Å². The third-order valence-electron chi connectivity index (χ3n) is 2.13. The molecule has 17 heavy (non-hydrogen) atoms. The van der Waals surface area contributed by atoms with E-state index in [0.717, 1.165) is 0 Å². The van der Waals surface area contributed by atoms with Gasteiger partial charge in [0.2, 0.25) is 0 Å². The maximum atomic E-state index is 11.4. The van der Waals surface area contributed by atoms with Gasteiger partial charge in [0.1, 0.15) is 5.75 Å². The maximum absolute atomic E-state index is 11.4. The van der Waals surface area contributed by atoms with E-state index in [-0.39, 0.29) is 5.56 Å². The Bertz CT molecular complexity index is 436. The molecule has 0 aliphatic carbocycles. The predicted octanol–water partition coefficient (Wildman–Crippen LogP) is 1.72. The van der Waals surface area contributed by atoms with Gasteiger partial charge in [0, 0.05) is 0 Å². The topological polar surface area (TPSA) is 72.8 Å². The molecule has 5 nitrogen and oxygen atoms in total. The number of hydrogen-bond donors (Lipinski definition) is 1. The second-order valence-corrected chi connectivity index (χ2v) is 3.94. The lowest BCUT2D eigenvalue weighted by Crippen LogP contribution is -2.39. The van der Waals surface area contributed by atoms with Gasteiger partial charge in [-0.25, -0.2) is 9.59 Å². The van der Waals surface area contributed by atoms with Crippen LogP contribution in [0.5, 0.6) is 5.75 Å². The molecule has 0 aliphatic heterocycles. The molecular weight excluding hydrogens is 224 g/mol. The highest BCUT2D eigenvalue weighted by molar-refractivity contribution is 5.88. The Morgan fingerprint density at radius 2 is 1.94 bits per heavy atom. The van der Waals surface area contributed by atoms with Crippen molar-refractivity contribution < 1.29 is 24.2 Å². The molecule has 0 saturated heterocycles.